The summed E-state index contributed by atoms with van der Waals surface area (Å²) < 4.78 is 42.7. The molecule has 8 heterocycles. The van der Waals surface area contributed by atoms with Crippen molar-refractivity contribution in [1.29, 1.82) is 0 Å². The number of imidazole rings is 2. The van der Waals surface area contributed by atoms with E-state index in [0.717, 1.165) is 6.42 Å². The zero-order valence-corrected chi connectivity index (χ0v) is 43.7. The quantitative estimate of drug-likeness (QED) is 0.0974. The predicted octanol–water partition coefficient (Wildman–Crippen LogP) is 8.95. The minimum Gasteiger partial charge on any atom is -0.408 e. The Kier molecular flexibility index (Phi) is 15.2. The molecule has 4 saturated heterocycles. The van der Waals surface area contributed by atoms with E-state index in [1.165, 1.54) is 12.7 Å². The summed E-state index contributed by atoms with van der Waals surface area (Å²) in [6, 6.07) is 17.9. The number of carbonyl (C=O) groups is 2. The highest BCUT2D eigenvalue weighted by atomic mass is 28.4. The summed E-state index contributed by atoms with van der Waals surface area (Å²) in [6.45, 7) is 24.7. The number of nitrogens with zero attached hydrogens (tertiary/aromatic N) is 8. The number of hydrogen-bond acceptors (Lipinski definition) is 15. The Morgan fingerprint density at radius 3 is 1.43 bits per heavy atom. The molecule has 0 saturated carbocycles. The fourth-order valence-corrected chi connectivity index (χ4v) is 11.5. The summed E-state index contributed by atoms with van der Waals surface area (Å²) in [6.07, 6.45) is 4.52. The van der Waals surface area contributed by atoms with Gasteiger partial charge in [0.1, 0.15) is 48.3 Å². The van der Waals surface area contributed by atoms with Crippen molar-refractivity contribution in [2.75, 3.05) is 30.5 Å². The van der Waals surface area contributed by atoms with E-state index >= 15 is 0 Å². The molecule has 19 nitrogen and oxygen atoms in total. The molecule has 0 aliphatic carbocycles. The Labute approximate surface area is 424 Å². The fraction of sp³-hybridized carbons (Fsp3) is 0.529. The minimum atomic E-state index is -2.17. The number of anilines is 2. The van der Waals surface area contributed by atoms with Crippen molar-refractivity contribution in [3.8, 4) is 0 Å². The van der Waals surface area contributed by atoms with Gasteiger partial charge in [-0.15, -0.1) is 0 Å². The number of ether oxygens (including phenoxy) is 4. The Morgan fingerprint density at radius 1 is 0.653 bits per heavy atom. The number of hydrogen-bond donors (Lipinski definition) is 3. The molecule has 4 fully saturated rings. The summed E-state index contributed by atoms with van der Waals surface area (Å²) in [4.78, 5) is 51.8. The van der Waals surface area contributed by atoms with Gasteiger partial charge >= 0.3 is 0 Å². The van der Waals surface area contributed by atoms with Gasteiger partial charge in [0.25, 0.3) is 11.8 Å². The van der Waals surface area contributed by atoms with Crippen LogP contribution >= 0.6 is 0 Å². The Bertz CT molecular complexity index is 2680. The fourth-order valence-electron chi connectivity index (χ4n) is 8.82. The number of amides is 2. The molecule has 4 aliphatic heterocycles. The lowest BCUT2D eigenvalue weighted by atomic mass is 9.96. The third kappa shape index (κ3) is 9.66. The van der Waals surface area contributed by atoms with Crippen molar-refractivity contribution in [2.45, 2.75) is 154 Å². The number of rotatable bonds is 12. The molecule has 0 unspecified atom stereocenters. The zero-order valence-electron chi connectivity index (χ0n) is 41.7. The summed E-state index contributed by atoms with van der Waals surface area (Å²) in [5.41, 5.74) is 1.57. The third-order valence-corrected chi connectivity index (χ3v) is 24.0. The number of benzene rings is 2. The Balaban J connectivity index is 0.000000206. The minimum absolute atomic E-state index is 0. The first-order valence-electron chi connectivity index (χ1n) is 23.8. The molecule has 2 amide bonds. The summed E-state index contributed by atoms with van der Waals surface area (Å²) in [5.74, 6) is 0.109. The molecule has 10 rings (SSSR count). The highest BCUT2D eigenvalue weighted by Gasteiger charge is 2.65. The lowest BCUT2D eigenvalue weighted by Gasteiger charge is -2.40. The molecule has 8 atom stereocenters. The first kappa shape index (κ1) is 54.4. The number of aromatic nitrogens is 8. The van der Waals surface area contributed by atoms with Gasteiger partial charge in [0.2, 0.25) is 0 Å². The second kappa shape index (κ2) is 20.2. The van der Waals surface area contributed by atoms with E-state index in [4.69, 9.17) is 27.8 Å². The maximum Gasteiger partial charge on any atom is 0.256 e. The van der Waals surface area contributed by atoms with Gasteiger partial charge in [-0.25, -0.2) is 29.9 Å². The van der Waals surface area contributed by atoms with Crippen molar-refractivity contribution < 1.29 is 42.5 Å². The van der Waals surface area contributed by atoms with E-state index in [1.807, 2.05) is 28.8 Å². The number of aliphatic hydroxyl groups is 1. The van der Waals surface area contributed by atoms with Gasteiger partial charge in [-0.1, -0.05) is 99.7 Å². The largest absolute Gasteiger partial charge is 0.408 e. The van der Waals surface area contributed by atoms with Crippen LogP contribution in [0.4, 0.5) is 11.6 Å². The van der Waals surface area contributed by atoms with Gasteiger partial charge < -0.3 is 43.5 Å². The topological polar surface area (TPSA) is 221 Å². The second-order valence-electron chi connectivity index (χ2n) is 21.5. The van der Waals surface area contributed by atoms with E-state index in [9.17, 15) is 14.7 Å². The third-order valence-electron chi connectivity index (χ3n) is 15.1. The van der Waals surface area contributed by atoms with Gasteiger partial charge in [0.05, 0.1) is 32.5 Å². The monoisotopic (exact) mass is 1020 g/mol. The van der Waals surface area contributed by atoms with Crippen LogP contribution in [0.3, 0.4) is 0 Å². The average Bonchev–Trinajstić information content (AvgIpc) is 4.20. The maximum absolute atomic E-state index is 12.7. The molecule has 72 heavy (non-hydrogen) atoms. The summed E-state index contributed by atoms with van der Waals surface area (Å²) >= 11 is 0. The normalized spacial score (nSPS) is 25.7. The first-order valence-corrected chi connectivity index (χ1v) is 29.6. The Hall–Kier alpha value is -5.37. The molecule has 3 N–H and O–H groups in total. The predicted molar refractivity (Wildman–Crippen MR) is 280 cm³/mol. The average molecular weight is 1030 g/mol. The van der Waals surface area contributed by atoms with E-state index in [0.29, 0.717) is 51.7 Å². The van der Waals surface area contributed by atoms with E-state index in [-0.39, 0.29) is 62.2 Å². The molecule has 21 heteroatoms. The van der Waals surface area contributed by atoms with Crippen LogP contribution in [-0.2, 0) is 27.8 Å². The van der Waals surface area contributed by atoms with Crippen LogP contribution in [0.15, 0.2) is 86.0 Å². The lowest BCUT2D eigenvalue weighted by Crippen LogP contribution is -2.52. The SMILES string of the molecule is C.C.CC(C)(C)[Si](C)(C)O[C@H]1[C@H]2OC[C@]1(CO)O[C@H]2n1cnc2c(NC(=O)c3ccccc3)ncnc21.CC[C@@]12CO[C@@H]([C@H](n3cnc4c(NC(=O)c5ccccc5)ncnc43)O1)[C@@H]2O[Si](C)(C)C(C)(C)C. The van der Waals surface area contributed by atoms with Crippen molar-refractivity contribution in [3.63, 3.8) is 0 Å². The standard InChI is InChI=1S/C25H33N5O4Si.C24H31N5O5Si.2CH4/c1-7-25-13-32-18(19(25)34-35(5,6)24(2,3)4)23(33-25)30-15-28-17-20(26-14-27-21(17)30)29-22(31)16-11-9-8-10-12-16;1-23(2,3)35(4,5)34-18-17-22(33-24(18,11-30)12-32-17)29-14-27-16-19(25-13-26-20(16)29)28-21(31)15-9-7-6-8-10-15;;/h8-12,14-15,18-19,23H,7,13H2,1-6H3,(H,26,27,29,31);6-10,13-14,17-18,22,30H,11-12H2,1-5H3,(H,25,26,28,31);2*1H4/t18-,19+,23-,25+;17-,18+,22-,24+;;/m11../s1. The van der Waals surface area contributed by atoms with Gasteiger partial charge in [0, 0.05) is 11.1 Å². The second-order valence-corrected chi connectivity index (χ2v) is 31.1. The molecule has 388 valence electrons. The summed E-state index contributed by atoms with van der Waals surface area (Å²) in [7, 11) is -4.24. The van der Waals surface area contributed by atoms with Gasteiger partial charge in [0.15, 0.2) is 63.1 Å². The van der Waals surface area contributed by atoms with Crippen molar-refractivity contribution in [2.24, 2.45) is 0 Å². The maximum atomic E-state index is 12.7. The summed E-state index contributed by atoms with van der Waals surface area (Å²) in [5, 5.41) is 16.1. The van der Waals surface area contributed by atoms with Crippen LogP contribution in [0.25, 0.3) is 22.3 Å². The number of nitrogens with one attached hydrogen (secondary N) is 2. The highest BCUT2D eigenvalue weighted by Crippen LogP contribution is 2.53. The molecular weight excluding hydrogens is 953 g/mol. The first-order chi connectivity index (χ1) is 33.1. The van der Waals surface area contributed by atoms with Gasteiger partial charge in [-0.2, -0.15) is 0 Å². The number of carbonyl (C=O) groups excluding carboxylic acids is 2. The van der Waals surface area contributed by atoms with Crippen molar-refractivity contribution >= 4 is 62.4 Å². The number of fused-ring (bicyclic) bond motifs is 6. The van der Waals surface area contributed by atoms with Crippen molar-refractivity contribution in [3.05, 3.63) is 97.1 Å². The van der Waals surface area contributed by atoms with Gasteiger partial charge in [-0.3, -0.25) is 18.7 Å². The van der Waals surface area contributed by atoms with Crippen LogP contribution in [0.2, 0.25) is 36.3 Å². The van der Waals surface area contributed by atoms with Gasteiger partial charge in [-0.05, 0) is 67.0 Å². The number of aliphatic hydroxyl groups excluding tert-OH is 1. The van der Waals surface area contributed by atoms with E-state index in [1.54, 1.807) is 53.6 Å². The van der Waals surface area contributed by atoms with Crippen LogP contribution in [0, 0.1) is 0 Å². The molecular formula is C51H72N10O9Si2. The zero-order chi connectivity index (χ0) is 50.0. The Morgan fingerprint density at radius 2 is 1.04 bits per heavy atom. The van der Waals surface area contributed by atoms with Crippen LogP contribution in [-0.4, -0.2) is 128 Å². The lowest BCUT2D eigenvalue weighted by molar-refractivity contribution is -0.185. The molecule has 4 aliphatic rings. The molecule has 4 aromatic heterocycles. The van der Waals surface area contributed by atoms with Crippen LogP contribution in [0.1, 0.15) is 103 Å². The van der Waals surface area contributed by atoms with Crippen molar-refractivity contribution in [1.82, 2.24) is 39.0 Å². The molecule has 2 aromatic carbocycles. The van der Waals surface area contributed by atoms with Crippen LogP contribution < -0.4 is 10.6 Å². The molecule has 6 aromatic rings. The highest BCUT2D eigenvalue weighted by molar-refractivity contribution is 6.74. The smallest absolute Gasteiger partial charge is 0.256 e. The molecule has 0 radical (unpaired) electrons. The van der Waals surface area contributed by atoms with E-state index in [2.05, 4.69) is 115 Å². The van der Waals surface area contributed by atoms with E-state index < -0.39 is 52.5 Å². The molecule has 4 bridgehead atoms. The molecule has 0 spiro atoms. The van der Waals surface area contributed by atoms with Crippen LogP contribution in [0.5, 0.6) is 0 Å².